The Hall–Kier alpha value is -3.39. The summed E-state index contributed by atoms with van der Waals surface area (Å²) in [5.74, 6) is 2.35. The Morgan fingerprint density at radius 1 is 1.23 bits per heavy atom. The Balaban J connectivity index is 1.41. The maximum atomic E-state index is 5.95. The van der Waals surface area contributed by atoms with Gasteiger partial charge < -0.3 is 9.15 Å². The van der Waals surface area contributed by atoms with Crippen LogP contribution in [0.3, 0.4) is 0 Å². The fourth-order valence-electron chi connectivity index (χ4n) is 2.63. The van der Waals surface area contributed by atoms with Crippen LogP contribution in [0.1, 0.15) is 5.76 Å². The predicted molar refractivity (Wildman–Crippen MR) is 93.9 cm³/mol. The van der Waals surface area contributed by atoms with Gasteiger partial charge in [-0.25, -0.2) is 14.5 Å². The Kier molecular flexibility index (Phi) is 3.36. The summed E-state index contributed by atoms with van der Waals surface area (Å²) in [7, 11) is 0. The fraction of sp³-hybridized carbons (Fsp3) is 0.0588. The van der Waals surface area contributed by atoms with E-state index in [2.05, 4.69) is 25.3 Å². The van der Waals surface area contributed by atoms with Gasteiger partial charge in [0.05, 0.1) is 11.6 Å². The molecule has 5 aromatic rings. The van der Waals surface area contributed by atoms with Crippen molar-refractivity contribution in [2.75, 3.05) is 0 Å². The molecule has 4 heterocycles. The molecule has 128 valence electrons. The third kappa shape index (κ3) is 2.56. The monoisotopic (exact) mass is 366 g/mol. The van der Waals surface area contributed by atoms with Crippen LogP contribution in [-0.2, 0) is 6.61 Å². The number of H-pyrrole nitrogens is 1. The van der Waals surface area contributed by atoms with Crippen LogP contribution in [-0.4, -0.2) is 29.8 Å². The highest BCUT2D eigenvalue weighted by Crippen LogP contribution is 2.23. The second kappa shape index (κ2) is 5.85. The molecule has 1 N–H and O–H groups in total. The highest BCUT2D eigenvalue weighted by Gasteiger charge is 2.14. The molecule has 0 amide bonds. The number of nitrogens with one attached hydrogen (secondary N) is 1. The molecule has 0 saturated heterocycles. The molecule has 5 rings (SSSR count). The second-order valence-corrected chi connectivity index (χ2v) is 6.03. The van der Waals surface area contributed by atoms with Crippen molar-refractivity contribution in [1.82, 2.24) is 29.8 Å². The number of furan rings is 1. The second-order valence-electron chi connectivity index (χ2n) is 5.59. The van der Waals surface area contributed by atoms with Gasteiger partial charge in [-0.1, -0.05) is 17.7 Å². The van der Waals surface area contributed by atoms with Crippen LogP contribution in [0.5, 0.6) is 5.75 Å². The minimum atomic E-state index is 0.279. The predicted octanol–water partition coefficient (Wildman–Crippen LogP) is 3.49. The molecule has 8 nitrogen and oxygen atoms in total. The molecule has 0 aliphatic carbocycles. The minimum Gasteiger partial charge on any atom is -0.486 e. The summed E-state index contributed by atoms with van der Waals surface area (Å²) < 4.78 is 13.1. The molecular weight excluding hydrogens is 356 g/mol. The van der Waals surface area contributed by atoms with E-state index in [0.29, 0.717) is 39.4 Å². The number of nitrogens with zero attached hydrogens (tertiary/aromatic N) is 5. The van der Waals surface area contributed by atoms with E-state index in [9.17, 15) is 0 Å². The maximum absolute atomic E-state index is 5.95. The third-order valence-corrected chi connectivity index (χ3v) is 4.08. The maximum Gasteiger partial charge on any atom is 0.217 e. The summed E-state index contributed by atoms with van der Waals surface area (Å²) >= 11 is 5.95. The van der Waals surface area contributed by atoms with Crippen molar-refractivity contribution >= 4 is 28.3 Å². The van der Waals surface area contributed by atoms with Gasteiger partial charge in [-0.2, -0.15) is 5.10 Å². The average molecular weight is 367 g/mol. The summed E-state index contributed by atoms with van der Waals surface area (Å²) in [6.07, 6.45) is 3.25. The van der Waals surface area contributed by atoms with Crippen molar-refractivity contribution in [2.24, 2.45) is 0 Å². The van der Waals surface area contributed by atoms with Crippen LogP contribution in [0.15, 0.2) is 53.3 Å². The van der Waals surface area contributed by atoms with Gasteiger partial charge in [0.1, 0.15) is 24.4 Å². The average Bonchev–Trinajstić information content (AvgIpc) is 3.37. The van der Waals surface area contributed by atoms with Crippen molar-refractivity contribution < 1.29 is 9.15 Å². The number of halogens is 1. The first-order valence-corrected chi connectivity index (χ1v) is 8.16. The quantitative estimate of drug-likeness (QED) is 0.523. The first-order chi connectivity index (χ1) is 12.8. The van der Waals surface area contributed by atoms with Crippen LogP contribution >= 0.6 is 11.6 Å². The topological polar surface area (TPSA) is 94.1 Å². The largest absolute Gasteiger partial charge is 0.486 e. The number of fused-ring (bicyclic) bond motifs is 3. The van der Waals surface area contributed by atoms with Crippen LogP contribution in [0.25, 0.3) is 28.3 Å². The van der Waals surface area contributed by atoms with E-state index in [1.54, 1.807) is 29.2 Å². The lowest BCUT2D eigenvalue weighted by atomic mass is 10.3. The van der Waals surface area contributed by atoms with Gasteiger partial charge in [0.2, 0.25) is 5.82 Å². The van der Waals surface area contributed by atoms with E-state index in [1.165, 1.54) is 0 Å². The number of benzene rings is 1. The van der Waals surface area contributed by atoms with Crippen molar-refractivity contribution in [3.05, 3.63) is 59.7 Å². The smallest absolute Gasteiger partial charge is 0.217 e. The first kappa shape index (κ1) is 14.9. The zero-order chi connectivity index (χ0) is 17.5. The van der Waals surface area contributed by atoms with E-state index < -0.39 is 0 Å². The Morgan fingerprint density at radius 3 is 3.12 bits per heavy atom. The van der Waals surface area contributed by atoms with E-state index in [0.717, 1.165) is 5.39 Å². The lowest BCUT2D eigenvalue weighted by Gasteiger charge is -2.03. The Morgan fingerprint density at radius 2 is 2.19 bits per heavy atom. The van der Waals surface area contributed by atoms with Crippen molar-refractivity contribution in [1.29, 1.82) is 0 Å². The molecule has 0 radical (unpaired) electrons. The van der Waals surface area contributed by atoms with Gasteiger partial charge in [0, 0.05) is 5.02 Å². The van der Waals surface area contributed by atoms with E-state index in [1.807, 2.05) is 24.3 Å². The van der Waals surface area contributed by atoms with Crippen LogP contribution < -0.4 is 4.74 Å². The van der Waals surface area contributed by atoms with Crippen LogP contribution in [0.4, 0.5) is 0 Å². The van der Waals surface area contributed by atoms with Crippen molar-refractivity contribution in [3.63, 3.8) is 0 Å². The molecule has 0 aliphatic heterocycles. The van der Waals surface area contributed by atoms with Gasteiger partial charge in [0.15, 0.2) is 17.1 Å². The standard InChI is InChI=1S/C17H11ClN6O2/c18-10-2-1-3-11(6-10)25-8-12-4-5-14(26-12)16-21-17-13-7-20-22-15(13)19-9-24(17)23-16/h1-7,9H,8H2,(H,20,22). The molecule has 0 fully saturated rings. The summed E-state index contributed by atoms with van der Waals surface area (Å²) in [4.78, 5) is 8.76. The molecule has 0 saturated carbocycles. The van der Waals surface area contributed by atoms with E-state index >= 15 is 0 Å². The fourth-order valence-corrected chi connectivity index (χ4v) is 2.81. The summed E-state index contributed by atoms with van der Waals surface area (Å²) in [6.45, 7) is 0.279. The number of aromatic nitrogens is 6. The zero-order valence-corrected chi connectivity index (χ0v) is 14.0. The zero-order valence-electron chi connectivity index (χ0n) is 13.3. The SMILES string of the molecule is Clc1cccc(OCc2ccc(-c3nc4c5cn[nH]c5ncn4n3)o2)c1. The molecule has 0 spiro atoms. The Bertz CT molecular complexity index is 1220. The molecule has 0 atom stereocenters. The molecule has 1 aromatic carbocycles. The lowest BCUT2D eigenvalue weighted by Crippen LogP contribution is -1.93. The molecule has 26 heavy (non-hydrogen) atoms. The number of rotatable bonds is 4. The number of hydrogen-bond acceptors (Lipinski definition) is 6. The Labute approximate surface area is 151 Å². The number of aromatic amines is 1. The molecular formula is C17H11ClN6O2. The highest BCUT2D eigenvalue weighted by molar-refractivity contribution is 6.30. The van der Waals surface area contributed by atoms with Gasteiger partial charge >= 0.3 is 0 Å². The molecule has 9 heteroatoms. The van der Waals surface area contributed by atoms with Crippen LogP contribution in [0, 0.1) is 0 Å². The molecule has 0 unspecified atom stereocenters. The van der Waals surface area contributed by atoms with E-state index in [4.69, 9.17) is 20.8 Å². The number of ether oxygens (including phenoxy) is 1. The van der Waals surface area contributed by atoms with E-state index in [-0.39, 0.29) is 6.61 Å². The molecule has 0 aliphatic rings. The van der Waals surface area contributed by atoms with Crippen molar-refractivity contribution in [2.45, 2.75) is 6.61 Å². The summed E-state index contributed by atoms with van der Waals surface area (Å²) in [5, 5.41) is 12.6. The van der Waals surface area contributed by atoms with Gasteiger partial charge in [0.25, 0.3) is 0 Å². The van der Waals surface area contributed by atoms with Crippen LogP contribution in [0.2, 0.25) is 5.02 Å². The summed E-state index contributed by atoms with van der Waals surface area (Å²) in [6, 6.07) is 10.8. The van der Waals surface area contributed by atoms with Gasteiger partial charge in [-0.3, -0.25) is 5.10 Å². The number of hydrogen-bond donors (Lipinski definition) is 1. The molecule has 0 bridgehead atoms. The lowest BCUT2D eigenvalue weighted by molar-refractivity contribution is 0.272. The highest BCUT2D eigenvalue weighted by atomic mass is 35.5. The van der Waals surface area contributed by atoms with Gasteiger partial charge in [-0.15, -0.1) is 5.10 Å². The first-order valence-electron chi connectivity index (χ1n) is 7.78. The van der Waals surface area contributed by atoms with Gasteiger partial charge in [-0.05, 0) is 30.3 Å². The normalized spacial score (nSPS) is 11.4. The molecule has 4 aromatic heterocycles. The van der Waals surface area contributed by atoms with Crippen molar-refractivity contribution in [3.8, 4) is 17.3 Å². The third-order valence-electron chi connectivity index (χ3n) is 3.85. The minimum absolute atomic E-state index is 0.279. The summed E-state index contributed by atoms with van der Waals surface area (Å²) in [5.41, 5.74) is 1.32.